The Kier molecular flexibility index (Phi) is 5.92. The summed E-state index contributed by atoms with van der Waals surface area (Å²) in [6.07, 6.45) is 4.12. The third kappa shape index (κ3) is 4.21. The van der Waals surface area contributed by atoms with E-state index in [1.165, 1.54) is 0 Å². The third-order valence-corrected chi connectivity index (χ3v) is 6.83. The van der Waals surface area contributed by atoms with Crippen molar-refractivity contribution in [3.05, 3.63) is 100 Å². The Morgan fingerprint density at radius 1 is 1.06 bits per heavy atom. The lowest BCUT2D eigenvalue weighted by Crippen LogP contribution is -2.45. The van der Waals surface area contributed by atoms with E-state index in [0.29, 0.717) is 32.5 Å². The van der Waals surface area contributed by atoms with E-state index in [0.717, 1.165) is 33.4 Å². The lowest BCUT2D eigenvalue weighted by molar-refractivity contribution is -0.150. The topological polar surface area (TPSA) is 71.5 Å². The summed E-state index contributed by atoms with van der Waals surface area (Å²) in [6.45, 7) is 5.60. The minimum absolute atomic E-state index is 0.0543. The predicted molar refractivity (Wildman–Crippen MR) is 129 cm³/mol. The number of piperidine rings is 1. The van der Waals surface area contributed by atoms with Gasteiger partial charge >= 0.3 is 0 Å². The molecule has 1 N–H and O–H groups in total. The third-order valence-electron chi connectivity index (χ3n) is 6.83. The Bertz CT molecular complexity index is 1200. The van der Waals surface area contributed by atoms with Crippen molar-refractivity contribution in [1.82, 2.24) is 15.2 Å². The number of carbonyl (C=O) groups is 2. The SMILES string of the molecule is Cc1cc(C)cc(C(=O)N2CCC3(CC2)O[C@@H](C(=O)NCc2cccnc2)c2ccccc23)c1. The molecule has 2 amide bonds. The van der Waals surface area contributed by atoms with Crippen LogP contribution in [0.15, 0.2) is 67.0 Å². The van der Waals surface area contributed by atoms with Crippen molar-refractivity contribution in [2.24, 2.45) is 0 Å². The molecule has 2 aliphatic rings. The number of pyridine rings is 1. The smallest absolute Gasteiger partial charge is 0.254 e. The molecule has 1 aromatic heterocycles. The second-order valence-electron chi connectivity index (χ2n) is 9.33. The van der Waals surface area contributed by atoms with Gasteiger partial charge < -0.3 is 15.0 Å². The Balaban J connectivity index is 1.30. The van der Waals surface area contributed by atoms with Crippen LogP contribution in [0.5, 0.6) is 0 Å². The average molecular weight is 456 g/mol. The van der Waals surface area contributed by atoms with Gasteiger partial charge in [0.1, 0.15) is 0 Å². The van der Waals surface area contributed by atoms with Gasteiger partial charge in [0.2, 0.25) is 0 Å². The minimum Gasteiger partial charge on any atom is -0.352 e. The van der Waals surface area contributed by atoms with Crippen LogP contribution in [-0.2, 0) is 21.7 Å². The van der Waals surface area contributed by atoms with Crippen molar-refractivity contribution in [1.29, 1.82) is 0 Å². The lowest BCUT2D eigenvalue weighted by Gasteiger charge is -2.39. The highest BCUT2D eigenvalue weighted by Gasteiger charge is 2.49. The summed E-state index contributed by atoms with van der Waals surface area (Å²) < 4.78 is 6.52. The minimum atomic E-state index is -0.658. The first-order chi connectivity index (χ1) is 16.4. The number of ether oxygens (including phenoxy) is 1. The Morgan fingerprint density at radius 2 is 1.79 bits per heavy atom. The maximum atomic E-state index is 13.2. The zero-order valence-corrected chi connectivity index (χ0v) is 19.6. The van der Waals surface area contributed by atoms with Crippen LogP contribution >= 0.6 is 0 Å². The number of aryl methyl sites for hydroxylation is 2. The number of carbonyl (C=O) groups excluding carboxylic acids is 2. The maximum Gasteiger partial charge on any atom is 0.254 e. The van der Waals surface area contributed by atoms with Crippen molar-refractivity contribution in [2.45, 2.75) is 44.9 Å². The van der Waals surface area contributed by atoms with Gasteiger partial charge in [-0.15, -0.1) is 0 Å². The molecule has 0 saturated carbocycles. The maximum absolute atomic E-state index is 13.2. The molecule has 174 valence electrons. The molecule has 0 unspecified atom stereocenters. The standard InChI is InChI=1S/C28H29N3O3/c1-19-14-20(2)16-22(15-19)27(33)31-12-9-28(10-13-31)24-8-4-3-7-23(24)25(34-28)26(32)30-18-21-6-5-11-29-17-21/h3-8,11,14-17,25H,9-10,12-13,18H2,1-2H3,(H,30,32)/t25-/m1/s1. The largest absolute Gasteiger partial charge is 0.352 e. The Morgan fingerprint density at radius 3 is 2.50 bits per heavy atom. The summed E-state index contributed by atoms with van der Waals surface area (Å²) >= 11 is 0. The first-order valence-corrected chi connectivity index (χ1v) is 11.8. The van der Waals surface area contributed by atoms with Gasteiger partial charge in [0, 0.05) is 37.6 Å². The lowest BCUT2D eigenvalue weighted by atomic mass is 9.83. The fourth-order valence-electron chi connectivity index (χ4n) is 5.21. The van der Waals surface area contributed by atoms with Gasteiger partial charge in [-0.25, -0.2) is 0 Å². The first kappa shape index (κ1) is 22.3. The number of nitrogens with one attached hydrogen (secondary N) is 1. The van der Waals surface area contributed by atoms with E-state index < -0.39 is 11.7 Å². The van der Waals surface area contributed by atoms with Crippen LogP contribution in [0, 0.1) is 13.8 Å². The molecular formula is C28H29N3O3. The zero-order chi connectivity index (χ0) is 23.7. The van der Waals surface area contributed by atoms with E-state index in [2.05, 4.69) is 22.4 Å². The fourth-order valence-corrected chi connectivity index (χ4v) is 5.21. The Hall–Kier alpha value is -3.51. The van der Waals surface area contributed by atoms with Crippen LogP contribution in [0.3, 0.4) is 0 Å². The molecule has 5 rings (SSSR count). The van der Waals surface area contributed by atoms with Gasteiger partial charge in [-0.3, -0.25) is 14.6 Å². The monoisotopic (exact) mass is 455 g/mol. The molecule has 0 bridgehead atoms. The fraction of sp³-hybridized carbons (Fsp3) is 0.321. The molecule has 0 aliphatic carbocycles. The van der Waals surface area contributed by atoms with E-state index in [-0.39, 0.29) is 11.8 Å². The highest BCUT2D eigenvalue weighted by atomic mass is 16.5. The molecule has 3 aromatic rings. The number of aromatic nitrogens is 1. The molecular weight excluding hydrogens is 426 g/mol. The number of benzene rings is 2. The molecule has 3 heterocycles. The molecule has 2 aromatic carbocycles. The second-order valence-corrected chi connectivity index (χ2v) is 9.33. The Labute approximate surface area is 200 Å². The predicted octanol–water partition coefficient (Wildman–Crippen LogP) is 4.22. The quantitative estimate of drug-likeness (QED) is 0.640. The van der Waals surface area contributed by atoms with E-state index >= 15 is 0 Å². The molecule has 2 aliphatic heterocycles. The molecule has 1 spiro atoms. The number of hydrogen-bond acceptors (Lipinski definition) is 4. The number of amides is 2. The van der Waals surface area contributed by atoms with Gasteiger partial charge in [-0.05, 0) is 61.6 Å². The summed E-state index contributed by atoms with van der Waals surface area (Å²) in [7, 11) is 0. The zero-order valence-electron chi connectivity index (χ0n) is 19.6. The van der Waals surface area contributed by atoms with Gasteiger partial charge in [0.05, 0.1) is 5.60 Å². The molecule has 0 radical (unpaired) electrons. The summed E-state index contributed by atoms with van der Waals surface area (Å²) in [4.78, 5) is 32.3. The molecule has 1 fully saturated rings. The van der Waals surface area contributed by atoms with Crippen molar-refractivity contribution in [3.63, 3.8) is 0 Å². The van der Waals surface area contributed by atoms with Gasteiger partial charge in [0.15, 0.2) is 6.10 Å². The van der Waals surface area contributed by atoms with Crippen LogP contribution in [0.4, 0.5) is 0 Å². The van der Waals surface area contributed by atoms with Crippen molar-refractivity contribution >= 4 is 11.8 Å². The summed E-state index contributed by atoms with van der Waals surface area (Å²) in [6, 6.07) is 17.7. The molecule has 1 saturated heterocycles. The van der Waals surface area contributed by atoms with Crippen molar-refractivity contribution in [3.8, 4) is 0 Å². The van der Waals surface area contributed by atoms with Crippen molar-refractivity contribution < 1.29 is 14.3 Å². The van der Waals surface area contributed by atoms with Gasteiger partial charge in [0.25, 0.3) is 11.8 Å². The highest BCUT2D eigenvalue weighted by molar-refractivity contribution is 5.94. The molecule has 34 heavy (non-hydrogen) atoms. The second kappa shape index (κ2) is 9.03. The van der Waals surface area contributed by atoms with Gasteiger partial charge in [-0.2, -0.15) is 0 Å². The molecule has 6 nitrogen and oxygen atoms in total. The summed E-state index contributed by atoms with van der Waals surface area (Å²) in [5, 5.41) is 2.99. The summed E-state index contributed by atoms with van der Waals surface area (Å²) in [5.41, 5.74) is 5.28. The van der Waals surface area contributed by atoms with E-state index in [4.69, 9.17) is 4.74 Å². The van der Waals surface area contributed by atoms with Crippen LogP contribution in [-0.4, -0.2) is 34.8 Å². The highest BCUT2D eigenvalue weighted by Crippen LogP contribution is 2.49. The summed E-state index contributed by atoms with van der Waals surface area (Å²) in [5.74, 6) is -0.0967. The van der Waals surface area contributed by atoms with E-state index in [1.54, 1.807) is 12.4 Å². The molecule has 6 heteroatoms. The van der Waals surface area contributed by atoms with E-state index in [1.807, 2.05) is 61.2 Å². The first-order valence-electron chi connectivity index (χ1n) is 11.8. The number of rotatable bonds is 4. The van der Waals surface area contributed by atoms with Gasteiger partial charge in [-0.1, -0.05) is 47.5 Å². The number of likely N-dealkylation sites (tertiary alicyclic amines) is 1. The normalized spacial score (nSPS) is 18.5. The number of hydrogen-bond donors (Lipinski definition) is 1. The van der Waals surface area contributed by atoms with E-state index in [9.17, 15) is 9.59 Å². The number of fused-ring (bicyclic) bond motifs is 2. The van der Waals surface area contributed by atoms with Crippen LogP contribution in [0.2, 0.25) is 0 Å². The van der Waals surface area contributed by atoms with Crippen LogP contribution in [0.1, 0.15) is 57.1 Å². The van der Waals surface area contributed by atoms with Crippen molar-refractivity contribution in [2.75, 3.05) is 13.1 Å². The number of nitrogens with zero attached hydrogens (tertiary/aromatic N) is 2. The molecule has 1 atom stereocenters. The average Bonchev–Trinajstić information content (AvgIpc) is 3.17. The van der Waals surface area contributed by atoms with Crippen LogP contribution in [0.25, 0.3) is 0 Å². The van der Waals surface area contributed by atoms with Crippen LogP contribution < -0.4 is 5.32 Å².